The van der Waals surface area contributed by atoms with Gasteiger partial charge < -0.3 is 14.2 Å². The van der Waals surface area contributed by atoms with Crippen molar-refractivity contribution in [1.82, 2.24) is 0 Å². The molecule has 1 aromatic carbocycles. The van der Waals surface area contributed by atoms with Gasteiger partial charge in [-0.05, 0) is 17.7 Å². The van der Waals surface area contributed by atoms with Crippen molar-refractivity contribution in [3.63, 3.8) is 0 Å². The van der Waals surface area contributed by atoms with E-state index in [4.69, 9.17) is 14.2 Å². The Bertz CT molecular complexity index is 285. The number of rotatable bonds is 5. The fourth-order valence-corrected chi connectivity index (χ4v) is 1.32. The molecule has 1 aromatic rings. The van der Waals surface area contributed by atoms with Gasteiger partial charge in [0.2, 0.25) is 0 Å². The summed E-state index contributed by atoms with van der Waals surface area (Å²) in [5.41, 5.74) is 0.877. The van der Waals surface area contributed by atoms with Crippen LogP contribution in [0.1, 0.15) is 5.56 Å². The molecule has 0 N–H and O–H groups in total. The molecule has 0 radical (unpaired) electrons. The predicted octanol–water partition coefficient (Wildman–Crippen LogP) is 1.96. The summed E-state index contributed by atoms with van der Waals surface area (Å²) in [6.45, 7) is 0. The number of methoxy groups -OCH3 is 3. The topological polar surface area (TPSA) is 27.7 Å². The van der Waals surface area contributed by atoms with Gasteiger partial charge in [-0.2, -0.15) is 0 Å². The fraction of sp³-hybridized carbons (Fsp3) is 0.455. The zero-order valence-electron chi connectivity index (χ0n) is 9.12. The molecule has 0 aliphatic rings. The number of hydrogen-bond donors (Lipinski definition) is 0. The molecule has 0 saturated heterocycles. The first-order chi connectivity index (χ1) is 7.15. The Morgan fingerprint density at radius 2 is 1.47 bits per heavy atom. The maximum Gasteiger partial charge on any atom is 0.286 e. The maximum absolute atomic E-state index is 12.7. The second-order valence-electron chi connectivity index (χ2n) is 3.10. The van der Waals surface area contributed by atoms with Gasteiger partial charge in [-0.1, -0.05) is 12.1 Å². The minimum Gasteiger partial charge on any atom is -0.331 e. The largest absolute Gasteiger partial charge is 0.331 e. The van der Waals surface area contributed by atoms with E-state index < -0.39 is 5.97 Å². The van der Waals surface area contributed by atoms with Crippen molar-refractivity contribution < 1.29 is 18.6 Å². The molecule has 15 heavy (non-hydrogen) atoms. The van der Waals surface area contributed by atoms with E-state index in [9.17, 15) is 4.39 Å². The normalized spacial score (nSPS) is 11.7. The van der Waals surface area contributed by atoms with Crippen LogP contribution in [-0.2, 0) is 20.6 Å². The van der Waals surface area contributed by atoms with Gasteiger partial charge in [0.15, 0.2) is 0 Å². The number of hydrogen-bond acceptors (Lipinski definition) is 3. The number of ether oxygens (including phenoxy) is 3. The lowest BCUT2D eigenvalue weighted by Crippen LogP contribution is -2.38. The van der Waals surface area contributed by atoms with Gasteiger partial charge in [-0.15, -0.1) is 0 Å². The van der Waals surface area contributed by atoms with Crippen LogP contribution in [0.25, 0.3) is 0 Å². The van der Waals surface area contributed by atoms with Gasteiger partial charge >= 0.3 is 0 Å². The average Bonchev–Trinajstić information content (AvgIpc) is 2.29. The quantitative estimate of drug-likeness (QED) is 0.701. The van der Waals surface area contributed by atoms with Crippen molar-refractivity contribution in [2.24, 2.45) is 0 Å². The Morgan fingerprint density at radius 1 is 1.00 bits per heavy atom. The van der Waals surface area contributed by atoms with Crippen LogP contribution in [0.2, 0.25) is 0 Å². The van der Waals surface area contributed by atoms with Crippen LogP contribution in [0.3, 0.4) is 0 Å². The molecule has 0 amide bonds. The van der Waals surface area contributed by atoms with Crippen LogP contribution < -0.4 is 0 Å². The minimum absolute atomic E-state index is 0.267. The van der Waals surface area contributed by atoms with Gasteiger partial charge in [0.25, 0.3) is 5.97 Å². The highest BCUT2D eigenvalue weighted by molar-refractivity contribution is 5.17. The van der Waals surface area contributed by atoms with E-state index >= 15 is 0 Å². The highest BCUT2D eigenvalue weighted by Gasteiger charge is 2.29. The molecule has 0 heterocycles. The third-order valence-corrected chi connectivity index (χ3v) is 2.27. The first kappa shape index (κ1) is 12.1. The Kier molecular flexibility index (Phi) is 4.20. The first-order valence-electron chi connectivity index (χ1n) is 4.55. The SMILES string of the molecule is COC(Cc1ccc(F)cc1)(OC)OC. The Hall–Kier alpha value is -0.970. The Balaban J connectivity index is 2.78. The number of benzene rings is 1. The lowest BCUT2D eigenvalue weighted by molar-refractivity contribution is -0.350. The lowest BCUT2D eigenvalue weighted by Gasteiger charge is -2.28. The summed E-state index contributed by atoms with van der Waals surface area (Å²) in [7, 11) is 4.49. The van der Waals surface area contributed by atoms with E-state index in [0.29, 0.717) is 6.42 Å². The third kappa shape index (κ3) is 2.99. The summed E-state index contributed by atoms with van der Waals surface area (Å²) < 4.78 is 28.1. The van der Waals surface area contributed by atoms with Crippen LogP contribution in [0.5, 0.6) is 0 Å². The second-order valence-corrected chi connectivity index (χ2v) is 3.10. The van der Waals surface area contributed by atoms with E-state index in [1.807, 2.05) is 0 Å². The molecule has 4 heteroatoms. The van der Waals surface area contributed by atoms with Gasteiger partial charge in [-0.3, -0.25) is 0 Å². The first-order valence-corrected chi connectivity index (χ1v) is 4.55. The van der Waals surface area contributed by atoms with E-state index in [0.717, 1.165) is 5.56 Å². The molecule has 0 atom stereocenters. The summed E-state index contributed by atoms with van der Waals surface area (Å²) in [5.74, 6) is -1.37. The van der Waals surface area contributed by atoms with Crippen molar-refractivity contribution in [2.75, 3.05) is 21.3 Å². The molecule has 0 saturated carbocycles. The lowest BCUT2D eigenvalue weighted by atomic mass is 10.1. The minimum atomic E-state index is -1.10. The van der Waals surface area contributed by atoms with Crippen LogP contribution in [0, 0.1) is 5.82 Å². The summed E-state index contributed by atoms with van der Waals surface area (Å²) in [6, 6.07) is 6.12. The molecule has 3 nitrogen and oxygen atoms in total. The van der Waals surface area contributed by atoms with Gasteiger partial charge in [0.05, 0.1) is 6.42 Å². The summed E-state index contributed by atoms with van der Waals surface area (Å²) in [6.07, 6.45) is 0.400. The van der Waals surface area contributed by atoms with Crippen LogP contribution in [-0.4, -0.2) is 27.3 Å². The molecule has 1 rings (SSSR count). The highest BCUT2D eigenvalue weighted by Crippen LogP contribution is 2.19. The molecule has 0 spiro atoms. The molecule has 0 bridgehead atoms. The summed E-state index contributed by atoms with van der Waals surface area (Å²) in [5, 5.41) is 0. The van der Waals surface area contributed by atoms with Crippen molar-refractivity contribution >= 4 is 0 Å². The van der Waals surface area contributed by atoms with E-state index in [1.54, 1.807) is 12.1 Å². The third-order valence-electron chi connectivity index (χ3n) is 2.27. The van der Waals surface area contributed by atoms with Crippen molar-refractivity contribution in [2.45, 2.75) is 12.4 Å². The molecular formula is C11H15FO3. The standard InChI is InChI=1S/C11H15FO3/c1-13-11(14-2,15-3)8-9-4-6-10(12)7-5-9/h4-7H,8H2,1-3H3. The molecule has 0 aromatic heterocycles. The van der Waals surface area contributed by atoms with Crippen molar-refractivity contribution in [3.05, 3.63) is 35.6 Å². The predicted molar refractivity (Wildman–Crippen MR) is 53.9 cm³/mol. The Morgan fingerprint density at radius 3 is 1.87 bits per heavy atom. The van der Waals surface area contributed by atoms with Crippen molar-refractivity contribution in [3.8, 4) is 0 Å². The molecule has 0 aliphatic heterocycles. The van der Waals surface area contributed by atoms with Gasteiger partial charge in [-0.25, -0.2) is 4.39 Å². The van der Waals surface area contributed by atoms with Crippen LogP contribution >= 0.6 is 0 Å². The number of halogens is 1. The summed E-state index contributed by atoms with van der Waals surface area (Å²) >= 11 is 0. The fourth-order valence-electron chi connectivity index (χ4n) is 1.32. The Labute approximate surface area is 88.8 Å². The smallest absolute Gasteiger partial charge is 0.286 e. The molecule has 0 aliphatic carbocycles. The van der Waals surface area contributed by atoms with E-state index in [1.165, 1.54) is 33.5 Å². The van der Waals surface area contributed by atoms with Gasteiger partial charge in [0, 0.05) is 21.3 Å². The van der Waals surface area contributed by atoms with Crippen LogP contribution in [0.15, 0.2) is 24.3 Å². The van der Waals surface area contributed by atoms with E-state index in [-0.39, 0.29) is 5.82 Å². The molecule has 0 unspecified atom stereocenters. The zero-order valence-corrected chi connectivity index (χ0v) is 9.12. The van der Waals surface area contributed by atoms with Crippen LogP contribution in [0.4, 0.5) is 4.39 Å². The highest BCUT2D eigenvalue weighted by atomic mass is 19.1. The molecule has 0 fully saturated rings. The zero-order chi connectivity index (χ0) is 11.3. The monoisotopic (exact) mass is 214 g/mol. The second kappa shape index (κ2) is 5.21. The summed E-state index contributed by atoms with van der Waals surface area (Å²) in [4.78, 5) is 0. The molecule has 84 valence electrons. The van der Waals surface area contributed by atoms with Gasteiger partial charge in [0.1, 0.15) is 5.82 Å². The average molecular weight is 214 g/mol. The van der Waals surface area contributed by atoms with E-state index in [2.05, 4.69) is 0 Å². The van der Waals surface area contributed by atoms with Crippen molar-refractivity contribution in [1.29, 1.82) is 0 Å². The maximum atomic E-state index is 12.7. The molecular weight excluding hydrogens is 199 g/mol.